The van der Waals surface area contributed by atoms with Crippen LogP contribution in [0.4, 0.5) is 0 Å². The van der Waals surface area contributed by atoms with Gasteiger partial charge in [-0.15, -0.1) is 0 Å². The van der Waals surface area contributed by atoms with Crippen LogP contribution < -0.4 is 0 Å². The van der Waals surface area contributed by atoms with Gasteiger partial charge in [0.15, 0.2) is 5.78 Å². The Balaban J connectivity index is 2.77. The second kappa shape index (κ2) is 7.22. The molecule has 4 nitrogen and oxygen atoms in total. The molecule has 0 aromatic heterocycles. The van der Waals surface area contributed by atoms with Crippen molar-refractivity contribution in [3.05, 3.63) is 12.2 Å². The summed E-state index contributed by atoms with van der Waals surface area (Å²) in [5, 5.41) is 0. The van der Waals surface area contributed by atoms with Crippen molar-refractivity contribution in [3.63, 3.8) is 0 Å². The van der Waals surface area contributed by atoms with Gasteiger partial charge in [-0.1, -0.05) is 12.5 Å². The van der Waals surface area contributed by atoms with Gasteiger partial charge in [-0.25, -0.2) is 0 Å². The fourth-order valence-corrected chi connectivity index (χ4v) is 2.52. The quantitative estimate of drug-likeness (QED) is 0.421. The summed E-state index contributed by atoms with van der Waals surface area (Å²) in [5.74, 6) is -0.426. The highest BCUT2D eigenvalue weighted by Gasteiger charge is 2.46. The average molecular weight is 266 g/mol. The third kappa shape index (κ3) is 4.01. The smallest absolute Gasteiger partial charge is 0.319 e. The van der Waals surface area contributed by atoms with E-state index in [9.17, 15) is 14.4 Å². The van der Waals surface area contributed by atoms with Crippen LogP contribution in [-0.2, 0) is 19.1 Å². The molecule has 4 heteroatoms. The van der Waals surface area contributed by atoms with Crippen LogP contribution in [0.3, 0.4) is 0 Å². The summed E-state index contributed by atoms with van der Waals surface area (Å²) in [4.78, 5) is 35.1. The zero-order chi connectivity index (χ0) is 14.3. The molecule has 1 aliphatic carbocycles. The Bertz CT molecular complexity index is 384. The van der Waals surface area contributed by atoms with Crippen molar-refractivity contribution in [3.8, 4) is 0 Å². The van der Waals surface area contributed by atoms with Gasteiger partial charge in [0, 0.05) is 6.42 Å². The number of ketones is 2. The van der Waals surface area contributed by atoms with Gasteiger partial charge in [-0.3, -0.25) is 14.4 Å². The van der Waals surface area contributed by atoms with E-state index >= 15 is 0 Å². The molecule has 1 fully saturated rings. The van der Waals surface area contributed by atoms with E-state index in [-0.39, 0.29) is 18.2 Å². The number of rotatable bonds is 6. The summed E-state index contributed by atoms with van der Waals surface area (Å²) < 4.78 is 5.08. The monoisotopic (exact) mass is 266 g/mol. The van der Waals surface area contributed by atoms with E-state index in [0.717, 1.165) is 12.8 Å². The van der Waals surface area contributed by atoms with Gasteiger partial charge in [-0.2, -0.15) is 0 Å². The van der Waals surface area contributed by atoms with Crippen LogP contribution >= 0.6 is 0 Å². The molecular formula is C15H22O4. The van der Waals surface area contributed by atoms with Gasteiger partial charge in [-0.05, 0) is 45.6 Å². The minimum atomic E-state index is -0.977. The summed E-state index contributed by atoms with van der Waals surface area (Å²) >= 11 is 0. The van der Waals surface area contributed by atoms with Crippen LogP contribution in [0.15, 0.2) is 12.2 Å². The Hall–Kier alpha value is -1.45. The average Bonchev–Trinajstić information content (AvgIpc) is 2.37. The summed E-state index contributed by atoms with van der Waals surface area (Å²) in [6.07, 6.45) is 6.94. The number of hydrogen-bond acceptors (Lipinski definition) is 4. The van der Waals surface area contributed by atoms with Crippen molar-refractivity contribution in [2.24, 2.45) is 5.41 Å². The third-order valence-corrected chi connectivity index (χ3v) is 3.55. The van der Waals surface area contributed by atoms with Crippen LogP contribution in [0.2, 0.25) is 0 Å². The molecule has 0 spiro atoms. The van der Waals surface area contributed by atoms with E-state index in [0.29, 0.717) is 25.7 Å². The maximum absolute atomic E-state index is 12.2. The Morgan fingerprint density at radius 1 is 1.37 bits per heavy atom. The first-order valence-corrected chi connectivity index (χ1v) is 6.90. The molecule has 1 saturated carbocycles. The summed E-state index contributed by atoms with van der Waals surface area (Å²) in [7, 11) is 0. The van der Waals surface area contributed by atoms with Crippen LogP contribution in [-0.4, -0.2) is 24.1 Å². The lowest BCUT2D eigenvalue weighted by Crippen LogP contribution is -2.42. The summed E-state index contributed by atoms with van der Waals surface area (Å²) in [6, 6.07) is 0. The van der Waals surface area contributed by atoms with Crippen LogP contribution in [0.1, 0.15) is 52.4 Å². The molecule has 0 radical (unpaired) electrons. The van der Waals surface area contributed by atoms with E-state index in [4.69, 9.17) is 4.74 Å². The van der Waals surface area contributed by atoms with Crippen LogP contribution in [0.25, 0.3) is 0 Å². The lowest BCUT2D eigenvalue weighted by atomic mass is 9.70. The molecule has 1 atom stereocenters. The molecule has 0 N–H and O–H groups in total. The van der Waals surface area contributed by atoms with E-state index in [1.54, 1.807) is 13.0 Å². The highest BCUT2D eigenvalue weighted by molar-refractivity contribution is 6.04. The fraction of sp³-hybridized carbons (Fsp3) is 0.667. The second-order valence-corrected chi connectivity index (χ2v) is 4.98. The SMILES string of the molecule is CCOC(=O)C1(CC/C=C/C(C)=O)CCCCC1=O. The molecular weight excluding hydrogens is 244 g/mol. The maximum atomic E-state index is 12.2. The van der Waals surface area contributed by atoms with E-state index < -0.39 is 11.4 Å². The number of allylic oxidation sites excluding steroid dienone is 2. The van der Waals surface area contributed by atoms with E-state index in [2.05, 4.69) is 0 Å². The molecule has 0 saturated heterocycles. The third-order valence-electron chi connectivity index (χ3n) is 3.55. The molecule has 19 heavy (non-hydrogen) atoms. The van der Waals surface area contributed by atoms with Gasteiger partial charge in [0.05, 0.1) is 6.61 Å². The standard InChI is InChI=1S/C15H22O4/c1-3-19-14(18)15(10-6-4-8-12(2)16)11-7-5-9-13(15)17/h4,8H,3,5-7,9-11H2,1-2H3/b8-4+. The topological polar surface area (TPSA) is 60.4 Å². The molecule has 1 rings (SSSR count). The zero-order valence-corrected chi connectivity index (χ0v) is 11.7. The van der Waals surface area contributed by atoms with Crippen LogP contribution in [0.5, 0.6) is 0 Å². The van der Waals surface area contributed by atoms with Gasteiger partial charge < -0.3 is 4.74 Å². The van der Waals surface area contributed by atoms with Gasteiger partial charge >= 0.3 is 5.97 Å². The first-order valence-electron chi connectivity index (χ1n) is 6.90. The van der Waals surface area contributed by atoms with Crippen molar-refractivity contribution in [2.45, 2.75) is 52.4 Å². The van der Waals surface area contributed by atoms with Crippen molar-refractivity contribution in [1.29, 1.82) is 0 Å². The predicted octanol–water partition coefficient (Wildman–Crippen LogP) is 2.60. The molecule has 1 aliphatic rings. The van der Waals surface area contributed by atoms with Crippen molar-refractivity contribution in [1.82, 2.24) is 0 Å². The normalized spacial score (nSPS) is 23.6. The second-order valence-electron chi connectivity index (χ2n) is 4.98. The number of carbonyl (C=O) groups is 3. The molecule has 0 aliphatic heterocycles. The molecule has 106 valence electrons. The largest absolute Gasteiger partial charge is 0.465 e. The summed E-state index contributed by atoms with van der Waals surface area (Å²) in [6.45, 7) is 3.51. The number of ether oxygens (including phenoxy) is 1. The highest BCUT2D eigenvalue weighted by Crippen LogP contribution is 2.38. The number of carbonyl (C=O) groups excluding carboxylic acids is 3. The molecule has 1 unspecified atom stereocenters. The lowest BCUT2D eigenvalue weighted by Gasteiger charge is -2.33. The number of hydrogen-bond donors (Lipinski definition) is 0. The summed E-state index contributed by atoms with van der Waals surface area (Å²) in [5.41, 5.74) is -0.977. The highest BCUT2D eigenvalue weighted by atomic mass is 16.5. The predicted molar refractivity (Wildman–Crippen MR) is 71.6 cm³/mol. The first kappa shape index (κ1) is 15.6. The van der Waals surface area contributed by atoms with Crippen LogP contribution in [0, 0.1) is 5.41 Å². The number of esters is 1. The fourth-order valence-electron chi connectivity index (χ4n) is 2.52. The number of Topliss-reactive ketones (excluding diaryl/α,β-unsaturated/α-hetero) is 1. The van der Waals surface area contributed by atoms with Gasteiger partial charge in [0.1, 0.15) is 11.2 Å². The van der Waals surface area contributed by atoms with Crippen molar-refractivity contribution < 1.29 is 19.1 Å². The van der Waals surface area contributed by atoms with E-state index in [1.165, 1.54) is 13.0 Å². The van der Waals surface area contributed by atoms with E-state index in [1.807, 2.05) is 0 Å². The Labute approximate surface area is 114 Å². The van der Waals surface area contributed by atoms with Crippen molar-refractivity contribution in [2.75, 3.05) is 6.61 Å². The Morgan fingerprint density at radius 2 is 2.11 bits per heavy atom. The molecule has 0 aromatic carbocycles. The Morgan fingerprint density at radius 3 is 2.68 bits per heavy atom. The first-order chi connectivity index (χ1) is 9.03. The lowest BCUT2D eigenvalue weighted by molar-refractivity contribution is -0.162. The minimum Gasteiger partial charge on any atom is -0.465 e. The van der Waals surface area contributed by atoms with Gasteiger partial charge in [0.2, 0.25) is 0 Å². The molecule has 0 heterocycles. The van der Waals surface area contributed by atoms with Gasteiger partial charge in [0.25, 0.3) is 0 Å². The molecule has 0 amide bonds. The molecule has 0 bridgehead atoms. The molecule has 0 aromatic rings. The minimum absolute atomic E-state index is 0.00609. The maximum Gasteiger partial charge on any atom is 0.319 e. The van der Waals surface area contributed by atoms with Crippen molar-refractivity contribution >= 4 is 17.5 Å². The Kier molecular flexibility index (Phi) is 5.93. The zero-order valence-electron chi connectivity index (χ0n) is 11.7.